The molecule has 0 bridgehead atoms. The minimum Gasteiger partial charge on any atom is -0.465 e. The van der Waals surface area contributed by atoms with Gasteiger partial charge in [0.05, 0.1) is 0 Å². The van der Waals surface area contributed by atoms with Crippen molar-refractivity contribution in [2.45, 2.75) is 52.5 Å². The summed E-state index contributed by atoms with van der Waals surface area (Å²) in [6.07, 6.45) is 4.46. The van der Waals surface area contributed by atoms with Gasteiger partial charge in [0.1, 0.15) is 0 Å². The van der Waals surface area contributed by atoms with E-state index in [2.05, 4.69) is 25.7 Å². The molecular formula is C15H28N2O2. The zero-order chi connectivity index (χ0) is 14.0. The molecule has 4 heteroatoms. The van der Waals surface area contributed by atoms with Crippen molar-refractivity contribution in [2.75, 3.05) is 26.2 Å². The summed E-state index contributed by atoms with van der Waals surface area (Å²) in [5, 5.41) is 8.97. The van der Waals surface area contributed by atoms with Crippen LogP contribution in [-0.2, 0) is 0 Å². The highest BCUT2D eigenvalue weighted by Crippen LogP contribution is 2.39. The first-order valence-electron chi connectivity index (χ1n) is 7.60. The molecule has 2 aliphatic rings. The van der Waals surface area contributed by atoms with Crippen LogP contribution in [0.4, 0.5) is 4.79 Å². The molecule has 0 unspecified atom stereocenters. The molecule has 2 rings (SSSR count). The van der Waals surface area contributed by atoms with Gasteiger partial charge in [-0.15, -0.1) is 0 Å². The van der Waals surface area contributed by atoms with Gasteiger partial charge in [0, 0.05) is 32.2 Å². The van der Waals surface area contributed by atoms with Crippen molar-refractivity contribution in [1.82, 2.24) is 9.80 Å². The van der Waals surface area contributed by atoms with Crippen LogP contribution in [0.2, 0.25) is 0 Å². The lowest BCUT2D eigenvalue weighted by molar-refractivity contribution is 0.0535. The van der Waals surface area contributed by atoms with Crippen LogP contribution < -0.4 is 0 Å². The molecule has 19 heavy (non-hydrogen) atoms. The molecule has 1 heterocycles. The summed E-state index contributed by atoms with van der Waals surface area (Å²) in [4.78, 5) is 14.9. The predicted molar refractivity (Wildman–Crippen MR) is 76.4 cm³/mol. The second-order valence-electron chi connectivity index (χ2n) is 7.18. The number of amides is 1. The Morgan fingerprint density at radius 2 is 1.53 bits per heavy atom. The number of hydrogen-bond acceptors (Lipinski definition) is 2. The van der Waals surface area contributed by atoms with Crippen LogP contribution in [0.3, 0.4) is 0 Å². The monoisotopic (exact) mass is 268 g/mol. The van der Waals surface area contributed by atoms with Crippen molar-refractivity contribution in [2.24, 2.45) is 11.3 Å². The number of piperazine rings is 1. The number of carbonyl (C=O) groups is 1. The summed E-state index contributed by atoms with van der Waals surface area (Å²) >= 11 is 0. The molecule has 2 fully saturated rings. The van der Waals surface area contributed by atoms with Crippen LogP contribution in [0, 0.1) is 11.3 Å². The quantitative estimate of drug-likeness (QED) is 0.795. The van der Waals surface area contributed by atoms with E-state index in [1.807, 2.05) is 0 Å². The van der Waals surface area contributed by atoms with Crippen LogP contribution in [0.1, 0.15) is 46.5 Å². The molecule has 0 spiro atoms. The van der Waals surface area contributed by atoms with E-state index in [9.17, 15) is 4.79 Å². The van der Waals surface area contributed by atoms with Crippen molar-refractivity contribution < 1.29 is 9.90 Å². The van der Waals surface area contributed by atoms with Gasteiger partial charge in [-0.1, -0.05) is 20.8 Å². The van der Waals surface area contributed by atoms with Crippen LogP contribution in [0.25, 0.3) is 0 Å². The highest BCUT2D eigenvalue weighted by Gasteiger charge is 2.33. The van der Waals surface area contributed by atoms with Crippen LogP contribution in [-0.4, -0.2) is 53.2 Å². The van der Waals surface area contributed by atoms with Gasteiger partial charge in [-0.25, -0.2) is 4.79 Å². The third-order valence-electron chi connectivity index (χ3n) is 5.02. The Hall–Kier alpha value is -0.770. The van der Waals surface area contributed by atoms with E-state index < -0.39 is 6.09 Å². The first-order valence-corrected chi connectivity index (χ1v) is 7.60. The highest BCUT2D eigenvalue weighted by atomic mass is 16.4. The molecule has 1 aliphatic carbocycles. The fourth-order valence-corrected chi connectivity index (χ4v) is 3.59. The second-order valence-corrected chi connectivity index (χ2v) is 7.18. The number of rotatable bonds is 1. The Balaban J connectivity index is 1.78. The molecule has 1 saturated heterocycles. The normalized spacial score (nSPS) is 30.4. The molecule has 1 amide bonds. The molecule has 4 nitrogen and oxygen atoms in total. The molecule has 1 saturated carbocycles. The lowest BCUT2D eigenvalue weighted by Crippen LogP contribution is -2.52. The molecule has 110 valence electrons. The molecule has 0 aromatic carbocycles. The van der Waals surface area contributed by atoms with Crippen LogP contribution in [0.15, 0.2) is 0 Å². The van der Waals surface area contributed by atoms with Gasteiger partial charge in [-0.05, 0) is 37.0 Å². The van der Waals surface area contributed by atoms with E-state index in [0.717, 1.165) is 19.0 Å². The van der Waals surface area contributed by atoms with E-state index in [0.29, 0.717) is 24.5 Å². The molecule has 0 radical (unpaired) electrons. The van der Waals surface area contributed by atoms with Crippen molar-refractivity contribution in [3.05, 3.63) is 0 Å². The largest absolute Gasteiger partial charge is 0.465 e. The lowest BCUT2D eigenvalue weighted by atomic mass is 9.71. The second kappa shape index (κ2) is 5.70. The average Bonchev–Trinajstić information content (AvgIpc) is 2.38. The summed E-state index contributed by atoms with van der Waals surface area (Å²) in [5.74, 6) is 0.851. The summed E-state index contributed by atoms with van der Waals surface area (Å²) in [6, 6.07) is 0.689. The van der Waals surface area contributed by atoms with Crippen LogP contribution >= 0.6 is 0 Å². The average molecular weight is 268 g/mol. The predicted octanol–water partition coefficient (Wildman–Crippen LogP) is 2.89. The Morgan fingerprint density at radius 3 is 1.95 bits per heavy atom. The minimum atomic E-state index is -0.768. The van der Waals surface area contributed by atoms with Gasteiger partial charge < -0.3 is 10.0 Å². The SMILES string of the molecule is CC(C)(C)C1CCC(N2CCN(C(=O)O)CC2)CC1. The smallest absolute Gasteiger partial charge is 0.407 e. The first kappa shape index (κ1) is 14.6. The summed E-state index contributed by atoms with van der Waals surface area (Å²) < 4.78 is 0. The maximum Gasteiger partial charge on any atom is 0.407 e. The molecule has 1 N–H and O–H groups in total. The molecule has 1 aliphatic heterocycles. The summed E-state index contributed by atoms with van der Waals surface area (Å²) in [6.45, 7) is 10.2. The highest BCUT2D eigenvalue weighted by molar-refractivity contribution is 5.65. The van der Waals surface area contributed by atoms with Crippen LogP contribution in [0.5, 0.6) is 0 Å². The van der Waals surface area contributed by atoms with Gasteiger partial charge >= 0.3 is 6.09 Å². The van der Waals surface area contributed by atoms with Gasteiger partial charge in [0.2, 0.25) is 0 Å². The van der Waals surface area contributed by atoms with Gasteiger partial charge in [0.15, 0.2) is 0 Å². The zero-order valence-corrected chi connectivity index (χ0v) is 12.6. The zero-order valence-electron chi connectivity index (χ0n) is 12.6. The Morgan fingerprint density at radius 1 is 1.00 bits per heavy atom. The lowest BCUT2D eigenvalue weighted by Gasteiger charge is -2.43. The Kier molecular flexibility index (Phi) is 4.39. The van der Waals surface area contributed by atoms with Gasteiger partial charge in [0.25, 0.3) is 0 Å². The standard InChI is InChI=1S/C15H28N2O2/c1-15(2,3)12-4-6-13(7-5-12)16-8-10-17(11-9-16)14(18)19/h12-13H,4-11H2,1-3H3,(H,18,19). The van der Waals surface area contributed by atoms with E-state index in [1.165, 1.54) is 30.6 Å². The van der Waals surface area contributed by atoms with Crippen molar-refractivity contribution in [1.29, 1.82) is 0 Å². The topological polar surface area (TPSA) is 43.8 Å². The molecule has 0 atom stereocenters. The molecule has 0 aromatic rings. The van der Waals surface area contributed by atoms with Crippen molar-refractivity contribution >= 4 is 6.09 Å². The Bertz CT molecular complexity index is 309. The fourth-order valence-electron chi connectivity index (χ4n) is 3.59. The van der Waals surface area contributed by atoms with Crippen molar-refractivity contribution in [3.63, 3.8) is 0 Å². The van der Waals surface area contributed by atoms with E-state index in [-0.39, 0.29) is 0 Å². The maximum absolute atomic E-state index is 10.9. The maximum atomic E-state index is 10.9. The van der Waals surface area contributed by atoms with Gasteiger partial charge in [-0.3, -0.25) is 4.90 Å². The number of hydrogen-bond donors (Lipinski definition) is 1. The fraction of sp³-hybridized carbons (Fsp3) is 0.933. The summed E-state index contributed by atoms with van der Waals surface area (Å²) in [7, 11) is 0. The Labute approximate surface area is 116 Å². The van der Waals surface area contributed by atoms with E-state index in [1.54, 1.807) is 0 Å². The first-order chi connectivity index (χ1) is 8.88. The van der Waals surface area contributed by atoms with E-state index in [4.69, 9.17) is 5.11 Å². The third kappa shape index (κ3) is 3.62. The minimum absolute atomic E-state index is 0.437. The van der Waals surface area contributed by atoms with E-state index >= 15 is 0 Å². The number of carboxylic acid groups (broad SMARTS) is 1. The number of nitrogens with zero attached hydrogens (tertiary/aromatic N) is 2. The third-order valence-corrected chi connectivity index (χ3v) is 5.02. The van der Waals surface area contributed by atoms with Crippen molar-refractivity contribution in [3.8, 4) is 0 Å². The molecule has 0 aromatic heterocycles. The van der Waals surface area contributed by atoms with Gasteiger partial charge in [-0.2, -0.15) is 0 Å². The summed E-state index contributed by atoms with van der Waals surface area (Å²) in [5.41, 5.74) is 0.437. The molecular weight excluding hydrogens is 240 g/mol.